The first-order valence-electron chi connectivity index (χ1n) is 8.12. The Labute approximate surface area is 147 Å². The van der Waals surface area contributed by atoms with Crippen LogP contribution >= 0.6 is 12.4 Å². The van der Waals surface area contributed by atoms with E-state index in [2.05, 4.69) is 0 Å². The van der Waals surface area contributed by atoms with Crippen LogP contribution in [0.1, 0.15) is 39.0 Å². The van der Waals surface area contributed by atoms with E-state index in [0.717, 1.165) is 37.9 Å². The summed E-state index contributed by atoms with van der Waals surface area (Å²) in [5.41, 5.74) is 5.96. The first-order valence-corrected chi connectivity index (χ1v) is 8.12. The average Bonchev–Trinajstić information content (AvgIpc) is 2.53. The third-order valence-electron chi connectivity index (χ3n) is 4.16. The Bertz CT molecular complexity index is 543. The molecule has 2 N–H and O–H groups in total. The zero-order chi connectivity index (χ0) is 16.8. The molecule has 1 aliphatic rings. The van der Waals surface area contributed by atoms with Crippen molar-refractivity contribution in [1.29, 1.82) is 0 Å². The Hall–Kier alpha value is -1.40. The van der Waals surface area contributed by atoms with Crippen LogP contribution in [0.2, 0.25) is 0 Å². The molecule has 7 heteroatoms. The highest BCUT2D eigenvalue weighted by Crippen LogP contribution is 2.21. The molecule has 0 aromatic heterocycles. The van der Waals surface area contributed by atoms with Crippen LogP contribution in [0.3, 0.4) is 0 Å². The maximum Gasteiger partial charge on any atom is 0.222 e. The zero-order valence-electron chi connectivity index (χ0n) is 13.8. The van der Waals surface area contributed by atoms with Crippen molar-refractivity contribution in [3.05, 3.63) is 29.8 Å². The summed E-state index contributed by atoms with van der Waals surface area (Å²) in [5, 5.41) is 0. The molecule has 24 heavy (non-hydrogen) atoms. The SMILES string of the molecule is CC(N)C1CCCCN1C(=O)CCCOc1ccc(F)cc1F.Cl. The zero-order valence-corrected chi connectivity index (χ0v) is 14.7. The molecular formula is C17H25ClF2N2O2. The first-order chi connectivity index (χ1) is 11.0. The maximum absolute atomic E-state index is 13.4. The summed E-state index contributed by atoms with van der Waals surface area (Å²) < 4.78 is 31.5. The highest BCUT2D eigenvalue weighted by molar-refractivity contribution is 5.85. The number of carbonyl (C=O) groups is 1. The van der Waals surface area contributed by atoms with Crippen molar-refractivity contribution in [2.45, 2.75) is 51.1 Å². The molecule has 1 amide bonds. The standard InChI is InChI=1S/C17H24F2N2O2.ClH/c1-12(20)15-5-2-3-9-21(15)17(22)6-4-10-23-16-8-7-13(18)11-14(16)19;/h7-8,11-12,15H,2-6,9-10,20H2,1H3;1H. The Balaban J connectivity index is 0.00000288. The number of hydrogen-bond acceptors (Lipinski definition) is 3. The molecule has 2 unspecified atom stereocenters. The lowest BCUT2D eigenvalue weighted by atomic mass is 9.96. The van der Waals surface area contributed by atoms with Gasteiger partial charge in [-0.15, -0.1) is 12.4 Å². The van der Waals surface area contributed by atoms with Gasteiger partial charge in [0.15, 0.2) is 11.6 Å². The normalized spacial score (nSPS) is 18.7. The second-order valence-electron chi connectivity index (χ2n) is 6.04. The fourth-order valence-electron chi connectivity index (χ4n) is 2.96. The van der Waals surface area contributed by atoms with E-state index in [1.807, 2.05) is 11.8 Å². The topological polar surface area (TPSA) is 55.6 Å². The predicted octanol–water partition coefficient (Wildman–Crippen LogP) is 3.27. The Morgan fingerprint density at radius 2 is 2.17 bits per heavy atom. The third-order valence-corrected chi connectivity index (χ3v) is 4.16. The van der Waals surface area contributed by atoms with Gasteiger partial charge in [-0.2, -0.15) is 0 Å². The van der Waals surface area contributed by atoms with Gasteiger partial charge in [0.2, 0.25) is 5.91 Å². The van der Waals surface area contributed by atoms with E-state index in [1.165, 1.54) is 6.07 Å². The van der Waals surface area contributed by atoms with Gasteiger partial charge >= 0.3 is 0 Å². The third kappa shape index (κ3) is 5.60. The number of piperidine rings is 1. The van der Waals surface area contributed by atoms with E-state index in [1.54, 1.807) is 0 Å². The Morgan fingerprint density at radius 1 is 1.42 bits per heavy atom. The van der Waals surface area contributed by atoms with Gasteiger partial charge in [-0.1, -0.05) is 0 Å². The molecule has 0 spiro atoms. The second-order valence-corrected chi connectivity index (χ2v) is 6.04. The molecule has 1 fully saturated rings. The van der Waals surface area contributed by atoms with Gasteiger partial charge in [0, 0.05) is 31.1 Å². The van der Waals surface area contributed by atoms with Crippen molar-refractivity contribution < 1.29 is 18.3 Å². The molecule has 1 aromatic carbocycles. The molecule has 2 rings (SSSR count). The maximum atomic E-state index is 13.4. The number of benzene rings is 1. The monoisotopic (exact) mass is 362 g/mol. The smallest absolute Gasteiger partial charge is 0.222 e. The van der Waals surface area contributed by atoms with Crippen molar-refractivity contribution >= 4 is 18.3 Å². The number of carbonyl (C=O) groups excluding carboxylic acids is 1. The molecule has 136 valence electrons. The molecule has 0 bridgehead atoms. The fourth-order valence-corrected chi connectivity index (χ4v) is 2.96. The number of nitrogens with zero attached hydrogens (tertiary/aromatic N) is 1. The number of nitrogens with two attached hydrogens (primary N) is 1. The van der Waals surface area contributed by atoms with Gasteiger partial charge in [-0.25, -0.2) is 8.78 Å². The summed E-state index contributed by atoms with van der Waals surface area (Å²) in [6, 6.07) is 3.24. The second kappa shape index (κ2) is 9.79. The van der Waals surface area contributed by atoms with Gasteiger partial charge in [0.05, 0.1) is 6.61 Å². The van der Waals surface area contributed by atoms with E-state index in [9.17, 15) is 13.6 Å². The van der Waals surface area contributed by atoms with Crippen LogP contribution < -0.4 is 10.5 Å². The highest BCUT2D eigenvalue weighted by Gasteiger charge is 2.28. The molecule has 1 heterocycles. The lowest BCUT2D eigenvalue weighted by molar-refractivity contribution is -0.135. The summed E-state index contributed by atoms with van der Waals surface area (Å²) in [4.78, 5) is 14.2. The predicted molar refractivity (Wildman–Crippen MR) is 91.3 cm³/mol. The minimum absolute atomic E-state index is 0. The fraction of sp³-hybridized carbons (Fsp3) is 0.588. The van der Waals surface area contributed by atoms with E-state index < -0.39 is 11.6 Å². The van der Waals surface area contributed by atoms with Crippen LogP contribution in [0.5, 0.6) is 5.75 Å². The van der Waals surface area contributed by atoms with Crippen molar-refractivity contribution in [2.75, 3.05) is 13.2 Å². The van der Waals surface area contributed by atoms with Crippen molar-refractivity contribution in [3.63, 3.8) is 0 Å². The van der Waals surface area contributed by atoms with Crippen LogP contribution in [0.15, 0.2) is 18.2 Å². The van der Waals surface area contributed by atoms with Gasteiger partial charge in [0.25, 0.3) is 0 Å². The molecule has 0 aliphatic carbocycles. The number of likely N-dealkylation sites (tertiary alicyclic amines) is 1. The van der Waals surface area contributed by atoms with E-state index in [0.29, 0.717) is 12.8 Å². The van der Waals surface area contributed by atoms with Crippen molar-refractivity contribution in [1.82, 2.24) is 4.90 Å². The van der Waals surface area contributed by atoms with Crippen molar-refractivity contribution in [3.8, 4) is 5.75 Å². The van der Waals surface area contributed by atoms with Gasteiger partial charge in [-0.3, -0.25) is 4.79 Å². The molecule has 2 atom stereocenters. The number of ether oxygens (including phenoxy) is 1. The van der Waals surface area contributed by atoms with Crippen LogP contribution in [-0.2, 0) is 4.79 Å². The van der Waals surface area contributed by atoms with Gasteiger partial charge in [0.1, 0.15) is 5.82 Å². The highest BCUT2D eigenvalue weighted by atomic mass is 35.5. The largest absolute Gasteiger partial charge is 0.491 e. The lowest BCUT2D eigenvalue weighted by Gasteiger charge is -2.38. The minimum atomic E-state index is -0.732. The average molecular weight is 363 g/mol. The minimum Gasteiger partial charge on any atom is -0.491 e. The van der Waals surface area contributed by atoms with E-state index in [-0.39, 0.29) is 42.8 Å². The first kappa shape index (κ1) is 20.6. The molecule has 0 radical (unpaired) electrons. The molecule has 1 aliphatic heterocycles. The van der Waals surface area contributed by atoms with Crippen LogP contribution in [0.25, 0.3) is 0 Å². The summed E-state index contributed by atoms with van der Waals surface area (Å²) in [5.74, 6) is -1.30. The summed E-state index contributed by atoms with van der Waals surface area (Å²) >= 11 is 0. The van der Waals surface area contributed by atoms with Crippen LogP contribution in [0, 0.1) is 11.6 Å². The van der Waals surface area contributed by atoms with Crippen LogP contribution in [0.4, 0.5) is 8.78 Å². The molecule has 0 saturated carbocycles. The number of rotatable bonds is 6. The summed E-state index contributed by atoms with van der Waals surface area (Å²) in [6.07, 6.45) is 3.87. The van der Waals surface area contributed by atoms with E-state index in [4.69, 9.17) is 10.5 Å². The van der Waals surface area contributed by atoms with Gasteiger partial charge < -0.3 is 15.4 Å². The van der Waals surface area contributed by atoms with Gasteiger partial charge in [-0.05, 0) is 44.7 Å². The summed E-state index contributed by atoms with van der Waals surface area (Å²) in [7, 11) is 0. The Morgan fingerprint density at radius 3 is 2.83 bits per heavy atom. The summed E-state index contributed by atoms with van der Waals surface area (Å²) in [6.45, 7) is 2.89. The molecule has 4 nitrogen and oxygen atoms in total. The van der Waals surface area contributed by atoms with E-state index >= 15 is 0 Å². The molecular weight excluding hydrogens is 338 g/mol. The lowest BCUT2D eigenvalue weighted by Crippen LogP contribution is -2.51. The van der Waals surface area contributed by atoms with Crippen LogP contribution in [-0.4, -0.2) is 36.0 Å². The number of hydrogen-bond donors (Lipinski definition) is 1. The number of amides is 1. The Kier molecular flexibility index (Phi) is 8.42. The quantitative estimate of drug-likeness (QED) is 0.790. The molecule has 1 aromatic rings. The van der Waals surface area contributed by atoms with Crippen molar-refractivity contribution in [2.24, 2.45) is 5.73 Å². The molecule has 1 saturated heterocycles. The number of halogens is 3.